The Hall–Kier alpha value is -2.89. The average molecular weight is 783 g/mol. The second kappa shape index (κ2) is 44.8. The van der Waals surface area contributed by atoms with Crippen molar-refractivity contribution in [3.63, 3.8) is 0 Å². The molecule has 322 valence electrons. The van der Waals surface area contributed by atoms with Gasteiger partial charge in [0, 0.05) is 19.3 Å². The molecule has 0 fully saturated rings. The smallest absolute Gasteiger partial charge is 0.306 e. The number of hydrogen-bond acceptors (Lipinski definition) is 6. The molecule has 0 rings (SSSR count). The zero-order valence-electron chi connectivity index (χ0n) is 36.6. The van der Waals surface area contributed by atoms with Crippen molar-refractivity contribution in [3.05, 3.63) is 60.8 Å². The predicted molar refractivity (Wildman–Crippen MR) is 238 cm³/mol. The van der Waals surface area contributed by atoms with Crippen LogP contribution in [0.5, 0.6) is 0 Å². The molecular weight excluding hydrogens is 697 g/mol. The van der Waals surface area contributed by atoms with Crippen LogP contribution in [-0.2, 0) is 28.6 Å². The number of unbranched alkanes of at least 4 members (excludes halogenated alkanes) is 24. The molecule has 0 spiro atoms. The average Bonchev–Trinajstić information content (AvgIpc) is 3.19. The molecule has 0 radical (unpaired) electrons. The van der Waals surface area contributed by atoms with Gasteiger partial charge >= 0.3 is 17.9 Å². The van der Waals surface area contributed by atoms with Gasteiger partial charge < -0.3 is 14.2 Å². The lowest BCUT2D eigenvalue weighted by atomic mass is 10.1. The van der Waals surface area contributed by atoms with Crippen LogP contribution in [0, 0.1) is 0 Å². The molecular formula is C50H86O6. The van der Waals surface area contributed by atoms with Gasteiger partial charge in [-0.15, -0.1) is 0 Å². The van der Waals surface area contributed by atoms with Crippen LogP contribution in [0.2, 0.25) is 0 Å². The second-order valence-electron chi connectivity index (χ2n) is 15.4. The fraction of sp³-hybridized carbons (Fsp3) is 0.740. The number of ether oxygens (including phenoxy) is 3. The zero-order chi connectivity index (χ0) is 40.8. The van der Waals surface area contributed by atoms with Gasteiger partial charge in [0.25, 0.3) is 0 Å². The molecule has 0 heterocycles. The summed E-state index contributed by atoms with van der Waals surface area (Å²) in [7, 11) is 0. The normalized spacial score (nSPS) is 12.6. The Bertz CT molecular complexity index is 1040. The number of esters is 3. The van der Waals surface area contributed by atoms with Crippen LogP contribution in [0.25, 0.3) is 0 Å². The van der Waals surface area contributed by atoms with Crippen molar-refractivity contribution in [2.45, 2.75) is 226 Å². The van der Waals surface area contributed by atoms with Crippen molar-refractivity contribution in [1.29, 1.82) is 0 Å². The van der Waals surface area contributed by atoms with E-state index in [0.29, 0.717) is 19.3 Å². The highest BCUT2D eigenvalue weighted by Gasteiger charge is 2.19. The van der Waals surface area contributed by atoms with Crippen LogP contribution < -0.4 is 0 Å². The maximum absolute atomic E-state index is 12.7. The molecule has 0 aromatic carbocycles. The molecule has 0 aromatic rings. The summed E-state index contributed by atoms with van der Waals surface area (Å²) in [4.78, 5) is 37.7. The van der Waals surface area contributed by atoms with Crippen LogP contribution in [0.4, 0.5) is 0 Å². The Balaban J connectivity index is 4.38. The number of allylic oxidation sites excluding steroid dienone is 10. The first kappa shape index (κ1) is 53.1. The minimum Gasteiger partial charge on any atom is -0.462 e. The van der Waals surface area contributed by atoms with Crippen LogP contribution >= 0.6 is 0 Å². The fourth-order valence-electron chi connectivity index (χ4n) is 6.35. The lowest BCUT2D eigenvalue weighted by Gasteiger charge is -2.18. The summed E-state index contributed by atoms with van der Waals surface area (Å²) in [6.45, 7) is 6.49. The van der Waals surface area contributed by atoms with Crippen LogP contribution in [0.15, 0.2) is 60.8 Å². The Morgan fingerprint density at radius 1 is 0.357 bits per heavy atom. The number of hydrogen-bond donors (Lipinski definition) is 0. The van der Waals surface area contributed by atoms with Crippen molar-refractivity contribution in [3.8, 4) is 0 Å². The fourth-order valence-corrected chi connectivity index (χ4v) is 6.35. The van der Waals surface area contributed by atoms with Crippen molar-refractivity contribution in [2.75, 3.05) is 13.2 Å². The van der Waals surface area contributed by atoms with Gasteiger partial charge in [-0.1, -0.05) is 223 Å². The topological polar surface area (TPSA) is 78.9 Å². The molecule has 6 heteroatoms. The first-order valence-corrected chi connectivity index (χ1v) is 23.4. The van der Waals surface area contributed by atoms with E-state index in [1.165, 1.54) is 96.3 Å². The summed E-state index contributed by atoms with van der Waals surface area (Å²) in [6.07, 6.45) is 53.4. The first-order chi connectivity index (χ1) is 27.5. The molecule has 1 unspecified atom stereocenters. The summed E-state index contributed by atoms with van der Waals surface area (Å²) in [5, 5.41) is 0. The van der Waals surface area contributed by atoms with Gasteiger partial charge in [0.15, 0.2) is 6.10 Å². The van der Waals surface area contributed by atoms with E-state index in [0.717, 1.165) is 83.5 Å². The molecule has 0 N–H and O–H groups in total. The van der Waals surface area contributed by atoms with E-state index in [9.17, 15) is 14.4 Å². The van der Waals surface area contributed by atoms with Crippen LogP contribution in [0.1, 0.15) is 220 Å². The minimum atomic E-state index is -0.778. The highest BCUT2D eigenvalue weighted by atomic mass is 16.6. The van der Waals surface area contributed by atoms with Gasteiger partial charge in [0.2, 0.25) is 0 Å². The molecule has 0 amide bonds. The summed E-state index contributed by atoms with van der Waals surface area (Å²) >= 11 is 0. The SMILES string of the molecule is CCC\C=C/C=C\C=C/C=C\C=C/CCCCCCCC(=O)OCC(COC(=O)CCCCCCCCCCC)OC(=O)CCCCCCCCCCCCC. The molecule has 1 atom stereocenters. The van der Waals surface area contributed by atoms with Gasteiger partial charge in [0.05, 0.1) is 0 Å². The van der Waals surface area contributed by atoms with Gasteiger partial charge in [0.1, 0.15) is 13.2 Å². The standard InChI is InChI=1S/C50H86O6/c1-4-7-10-13-16-19-21-22-23-24-25-26-27-29-31-34-37-40-43-49(52)55-46-47(45-54-48(51)42-39-36-33-30-18-15-12-9-6-3)56-50(53)44-41-38-35-32-28-20-17-14-11-8-5-2/h10,13,16,19,21-26,47H,4-9,11-12,14-15,17-18,20,27-46H2,1-3H3/b13-10-,19-16-,22-21-,24-23-,26-25-. The van der Waals surface area contributed by atoms with Crippen LogP contribution in [-0.4, -0.2) is 37.2 Å². The highest BCUT2D eigenvalue weighted by molar-refractivity contribution is 5.71. The lowest BCUT2D eigenvalue weighted by Crippen LogP contribution is -2.30. The first-order valence-electron chi connectivity index (χ1n) is 23.4. The highest BCUT2D eigenvalue weighted by Crippen LogP contribution is 2.14. The second-order valence-corrected chi connectivity index (χ2v) is 15.4. The van der Waals surface area contributed by atoms with Crippen molar-refractivity contribution < 1.29 is 28.6 Å². The molecule has 0 aromatic heterocycles. The van der Waals surface area contributed by atoms with Crippen LogP contribution in [0.3, 0.4) is 0 Å². The maximum Gasteiger partial charge on any atom is 0.306 e. The lowest BCUT2D eigenvalue weighted by molar-refractivity contribution is -0.167. The van der Waals surface area contributed by atoms with E-state index in [4.69, 9.17) is 14.2 Å². The Morgan fingerprint density at radius 2 is 0.679 bits per heavy atom. The molecule has 0 saturated carbocycles. The summed E-state index contributed by atoms with van der Waals surface area (Å²) in [6, 6.07) is 0. The molecule has 0 aliphatic carbocycles. The van der Waals surface area contributed by atoms with E-state index in [1.807, 2.05) is 24.3 Å². The van der Waals surface area contributed by atoms with Gasteiger partial charge in [-0.05, 0) is 38.5 Å². The summed E-state index contributed by atoms with van der Waals surface area (Å²) < 4.78 is 16.7. The minimum absolute atomic E-state index is 0.0805. The molecule has 0 aliphatic rings. The molecule has 6 nitrogen and oxygen atoms in total. The summed E-state index contributed by atoms with van der Waals surface area (Å²) in [5.74, 6) is -0.910. The molecule has 0 aliphatic heterocycles. The largest absolute Gasteiger partial charge is 0.462 e. The summed E-state index contributed by atoms with van der Waals surface area (Å²) in [5.41, 5.74) is 0. The Morgan fingerprint density at radius 3 is 1.07 bits per heavy atom. The molecule has 0 saturated heterocycles. The van der Waals surface area contributed by atoms with Gasteiger partial charge in [-0.3, -0.25) is 14.4 Å². The quantitative estimate of drug-likeness (QED) is 0.0266. The van der Waals surface area contributed by atoms with E-state index in [1.54, 1.807) is 0 Å². The van der Waals surface area contributed by atoms with Crippen molar-refractivity contribution >= 4 is 17.9 Å². The molecule has 0 bridgehead atoms. The van der Waals surface area contributed by atoms with Crippen molar-refractivity contribution in [2.24, 2.45) is 0 Å². The number of carbonyl (C=O) groups excluding carboxylic acids is 3. The van der Waals surface area contributed by atoms with Crippen molar-refractivity contribution in [1.82, 2.24) is 0 Å². The monoisotopic (exact) mass is 783 g/mol. The number of rotatable bonds is 41. The van der Waals surface area contributed by atoms with E-state index in [2.05, 4.69) is 57.2 Å². The van der Waals surface area contributed by atoms with Gasteiger partial charge in [-0.25, -0.2) is 0 Å². The van der Waals surface area contributed by atoms with E-state index >= 15 is 0 Å². The zero-order valence-corrected chi connectivity index (χ0v) is 36.6. The number of carbonyl (C=O) groups is 3. The third kappa shape index (κ3) is 42.3. The van der Waals surface area contributed by atoms with E-state index in [-0.39, 0.29) is 31.1 Å². The van der Waals surface area contributed by atoms with E-state index < -0.39 is 6.10 Å². The Kier molecular flexibility index (Phi) is 42.5. The Labute approximate surface area is 345 Å². The predicted octanol–water partition coefficient (Wildman–Crippen LogP) is 14.9. The van der Waals surface area contributed by atoms with Gasteiger partial charge in [-0.2, -0.15) is 0 Å². The maximum atomic E-state index is 12.7. The molecule has 56 heavy (non-hydrogen) atoms. The third-order valence-electron chi connectivity index (χ3n) is 9.88. The third-order valence-corrected chi connectivity index (χ3v) is 9.88.